The number of nitriles is 1. The second kappa shape index (κ2) is 8.06. The average Bonchev–Trinajstić information content (AvgIpc) is 3.02. The van der Waals surface area contributed by atoms with Gasteiger partial charge in [0.15, 0.2) is 10.8 Å². The van der Waals surface area contributed by atoms with Crippen molar-refractivity contribution in [2.45, 2.75) is 19.8 Å². The van der Waals surface area contributed by atoms with E-state index in [2.05, 4.69) is 10.3 Å². The maximum absolute atomic E-state index is 11.9. The van der Waals surface area contributed by atoms with Gasteiger partial charge in [-0.25, -0.2) is 9.78 Å². The van der Waals surface area contributed by atoms with Gasteiger partial charge in [0.25, 0.3) is 0 Å². The van der Waals surface area contributed by atoms with E-state index in [0.29, 0.717) is 23.5 Å². The molecule has 1 amide bonds. The Morgan fingerprint density at radius 2 is 2.09 bits per heavy atom. The minimum atomic E-state index is -0.498. The molecule has 0 radical (unpaired) electrons. The number of benzene rings is 1. The Balaban J connectivity index is 1.85. The van der Waals surface area contributed by atoms with Gasteiger partial charge in [0.1, 0.15) is 0 Å². The number of carbonyl (C=O) groups excluding carboxylic acids is 2. The van der Waals surface area contributed by atoms with E-state index >= 15 is 0 Å². The minimum absolute atomic E-state index is 0.181. The minimum Gasteiger partial charge on any atom is -0.461 e. The van der Waals surface area contributed by atoms with E-state index in [-0.39, 0.29) is 18.2 Å². The van der Waals surface area contributed by atoms with Crippen molar-refractivity contribution in [3.63, 3.8) is 0 Å². The second-order valence-corrected chi connectivity index (χ2v) is 5.47. The van der Waals surface area contributed by atoms with E-state index in [1.807, 2.05) is 18.2 Å². The number of esters is 1. The van der Waals surface area contributed by atoms with Crippen molar-refractivity contribution in [3.8, 4) is 6.07 Å². The molecule has 0 unspecified atom stereocenters. The van der Waals surface area contributed by atoms with Crippen LogP contribution >= 0.6 is 11.3 Å². The number of rotatable bonds is 6. The van der Waals surface area contributed by atoms with E-state index in [9.17, 15) is 9.59 Å². The molecular formula is C16H15N3O3S. The van der Waals surface area contributed by atoms with Gasteiger partial charge in [-0.3, -0.25) is 4.79 Å². The number of nitrogens with one attached hydrogen (secondary N) is 1. The monoisotopic (exact) mass is 329 g/mol. The zero-order valence-corrected chi connectivity index (χ0v) is 13.4. The summed E-state index contributed by atoms with van der Waals surface area (Å²) in [6, 6.07) is 9.15. The third-order valence-corrected chi connectivity index (χ3v) is 3.72. The first kappa shape index (κ1) is 16.6. The lowest BCUT2D eigenvalue weighted by molar-refractivity contribution is -0.116. The van der Waals surface area contributed by atoms with E-state index in [4.69, 9.17) is 10.00 Å². The van der Waals surface area contributed by atoms with Crippen LogP contribution in [0.5, 0.6) is 0 Å². The molecule has 0 saturated heterocycles. The molecule has 7 heteroatoms. The average molecular weight is 329 g/mol. The molecule has 0 fully saturated rings. The van der Waals surface area contributed by atoms with Crippen LogP contribution in [0.1, 0.15) is 35.0 Å². The summed E-state index contributed by atoms with van der Waals surface area (Å²) in [5.74, 6) is -0.680. The quantitative estimate of drug-likeness (QED) is 0.823. The number of amides is 1. The Labute approximate surface area is 137 Å². The predicted molar refractivity (Wildman–Crippen MR) is 86.2 cm³/mol. The molecule has 0 aliphatic rings. The number of ether oxygens (including phenoxy) is 1. The molecule has 118 valence electrons. The molecule has 1 aromatic heterocycles. The Kier molecular flexibility index (Phi) is 5.83. The number of hydrogen-bond acceptors (Lipinski definition) is 6. The van der Waals surface area contributed by atoms with Crippen LogP contribution in [-0.4, -0.2) is 23.5 Å². The van der Waals surface area contributed by atoms with Crippen LogP contribution in [0.2, 0.25) is 0 Å². The molecule has 23 heavy (non-hydrogen) atoms. The van der Waals surface area contributed by atoms with Crippen molar-refractivity contribution < 1.29 is 14.3 Å². The summed E-state index contributed by atoms with van der Waals surface area (Å²) < 4.78 is 4.84. The normalized spacial score (nSPS) is 9.91. The van der Waals surface area contributed by atoms with Crippen molar-refractivity contribution in [1.82, 2.24) is 4.98 Å². The lowest BCUT2D eigenvalue weighted by Crippen LogP contribution is -2.12. The maximum atomic E-state index is 11.9. The molecule has 0 aliphatic carbocycles. The lowest BCUT2D eigenvalue weighted by atomic mass is 10.1. The topological polar surface area (TPSA) is 92.1 Å². The van der Waals surface area contributed by atoms with Gasteiger partial charge in [0.05, 0.1) is 18.2 Å². The van der Waals surface area contributed by atoms with Crippen LogP contribution < -0.4 is 5.32 Å². The second-order valence-electron chi connectivity index (χ2n) is 4.62. The fourth-order valence-electron chi connectivity index (χ4n) is 1.82. The smallest absolute Gasteiger partial charge is 0.357 e. The Bertz CT molecular complexity index is 732. The van der Waals surface area contributed by atoms with Crippen molar-refractivity contribution in [2.75, 3.05) is 11.9 Å². The first-order valence-corrected chi connectivity index (χ1v) is 7.92. The third-order valence-electron chi connectivity index (χ3n) is 2.96. The molecule has 2 aromatic rings. The molecule has 1 aromatic carbocycles. The van der Waals surface area contributed by atoms with Gasteiger partial charge >= 0.3 is 5.97 Å². The number of aryl methyl sites for hydroxylation is 1. The summed E-state index contributed by atoms with van der Waals surface area (Å²) in [5.41, 5.74) is 1.76. The standard InChI is InChI=1S/C16H15N3O3S/c1-2-22-15(21)13-10-23-16(18-13)19-14(20)8-7-11-3-5-12(9-17)6-4-11/h3-6,10H,2,7-8H2,1H3,(H,18,19,20). The molecule has 0 bridgehead atoms. The molecule has 1 heterocycles. The molecule has 1 N–H and O–H groups in total. The summed E-state index contributed by atoms with van der Waals surface area (Å²) in [6.45, 7) is 2.00. The zero-order chi connectivity index (χ0) is 16.7. The highest BCUT2D eigenvalue weighted by molar-refractivity contribution is 7.14. The fraction of sp³-hybridized carbons (Fsp3) is 0.250. The summed E-state index contributed by atoms with van der Waals surface area (Å²) in [6.07, 6.45) is 0.855. The molecule has 0 atom stereocenters. The number of carbonyl (C=O) groups is 2. The number of nitrogens with zero attached hydrogens (tertiary/aromatic N) is 2. The maximum Gasteiger partial charge on any atom is 0.357 e. The number of hydrogen-bond donors (Lipinski definition) is 1. The highest BCUT2D eigenvalue weighted by Gasteiger charge is 2.13. The molecular weight excluding hydrogens is 314 g/mol. The number of anilines is 1. The summed E-state index contributed by atoms with van der Waals surface area (Å²) in [4.78, 5) is 27.4. The van der Waals surface area contributed by atoms with Gasteiger partial charge in [-0.05, 0) is 31.0 Å². The van der Waals surface area contributed by atoms with Crippen molar-refractivity contribution >= 4 is 28.3 Å². The van der Waals surface area contributed by atoms with Gasteiger partial charge < -0.3 is 10.1 Å². The first-order valence-electron chi connectivity index (χ1n) is 7.04. The van der Waals surface area contributed by atoms with E-state index in [1.54, 1.807) is 24.4 Å². The molecule has 0 aliphatic heterocycles. The van der Waals surface area contributed by atoms with E-state index < -0.39 is 5.97 Å². The summed E-state index contributed by atoms with van der Waals surface area (Å²) in [5, 5.41) is 13.3. The highest BCUT2D eigenvalue weighted by atomic mass is 32.1. The third kappa shape index (κ3) is 4.90. The fourth-order valence-corrected chi connectivity index (χ4v) is 2.51. The molecule has 0 saturated carbocycles. The number of thiazole rings is 1. The molecule has 6 nitrogen and oxygen atoms in total. The Hall–Kier alpha value is -2.72. The number of aromatic nitrogens is 1. The SMILES string of the molecule is CCOC(=O)c1csc(NC(=O)CCc2ccc(C#N)cc2)n1. The van der Waals surface area contributed by atoms with E-state index in [0.717, 1.165) is 5.56 Å². The molecule has 0 spiro atoms. The summed E-state index contributed by atoms with van der Waals surface area (Å²) in [7, 11) is 0. The first-order chi connectivity index (χ1) is 11.1. The highest BCUT2D eigenvalue weighted by Crippen LogP contribution is 2.16. The van der Waals surface area contributed by atoms with Gasteiger partial charge in [-0.1, -0.05) is 12.1 Å². The van der Waals surface area contributed by atoms with Gasteiger partial charge in [0.2, 0.25) is 5.91 Å². The van der Waals surface area contributed by atoms with Gasteiger partial charge in [-0.15, -0.1) is 11.3 Å². The Morgan fingerprint density at radius 1 is 1.35 bits per heavy atom. The predicted octanol–water partition coefficient (Wildman–Crippen LogP) is 2.76. The van der Waals surface area contributed by atoms with Gasteiger partial charge in [0, 0.05) is 11.8 Å². The van der Waals surface area contributed by atoms with Gasteiger partial charge in [-0.2, -0.15) is 5.26 Å². The van der Waals surface area contributed by atoms with Crippen LogP contribution in [0.15, 0.2) is 29.6 Å². The lowest BCUT2D eigenvalue weighted by Gasteiger charge is -2.02. The van der Waals surface area contributed by atoms with Crippen molar-refractivity contribution in [1.29, 1.82) is 5.26 Å². The van der Waals surface area contributed by atoms with Crippen LogP contribution in [0.4, 0.5) is 5.13 Å². The largest absolute Gasteiger partial charge is 0.461 e. The van der Waals surface area contributed by atoms with E-state index in [1.165, 1.54) is 11.3 Å². The van der Waals surface area contributed by atoms with Crippen molar-refractivity contribution in [2.24, 2.45) is 0 Å². The summed E-state index contributed by atoms with van der Waals surface area (Å²) >= 11 is 1.18. The van der Waals surface area contributed by atoms with Crippen LogP contribution in [0.3, 0.4) is 0 Å². The Morgan fingerprint density at radius 3 is 2.74 bits per heavy atom. The zero-order valence-electron chi connectivity index (χ0n) is 12.5. The van der Waals surface area contributed by atoms with Crippen LogP contribution in [-0.2, 0) is 16.0 Å². The molecule has 2 rings (SSSR count). The van der Waals surface area contributed by atoms with Crippen molar-refractivity contribution in [3.05, 3.63) is 46.5 Å². The van der Waals surface area contributed by atoms with Crippen LogP contribution in [0, 0.1) is 11.3 Å². The van der Waals surface area contributed by atoms with Crippen LogP contribution in [0.25, 0.3) is 0 Å².